The minimum atomic E-state index is -1.98. The van der Waals surface area contributed by atoms with Gasteiger partial charge in [0.25, 0.3) is 0 Å². The molecule has 4 rings (SSSR count). The van der Waals surface area contributed by atoms with Gasteiger partial charge in [-0.1, -0.05) is 0 Å². The molecule has 48 heavy (non-hydrogen) atoms. The highest BCUT2D eigenvalue weighted by molar-refractivity contribution is 5.73. The number of aliphatic hydroxyl groups excluding tert-OH is 13. The van der Waals surface area contributed by atoms with Crippen molar-refractivity contribution in [2.24, 2.45) is 0 Å². The predicted octanol–water partition coefficient (Wildman–Crippen LogP) is -9.61. The fraction of sp³-hybridized carbons (Fsp3) is 0.962. The van der Waals surface area contributed by atoms with Gasteiger partial charge in [0.1, 0.15) is 97.6 Å². The molecule has 22 heteroatoms. The van der Waals surface area contributed by atoms with E-state index in [2.05, 4.69) is 5.32 Å². The highest BCUT2D eigenvalue weighted by Gasteiger charge is 2.53. The van der Waals surface area contributed by atoms with Crippen molar-refractivity contribution in [2.45, 2.75) is 130 Å². The second-order valence-corrected chi connectivity index (χ2v) is 11.9. The topological polar surface area (TPSA) is 357 Å². The van der Waals surface area contributed by atoms with Gasteiger partial charge in [-0.25, -0.2) is 0 Å². The maximum Gasteiger partial charge on any atom is 0.217 e. The average molecular weight is 708 g/mol. The molecule has 0 spiro atoms. The molecule has 4 aliphatic heterocycles. The third-order valence-corrected chi connectivity index (χ3v) is 8.59. The molecule has 20 atom stereocenters. The second-order valence-electron chi connectivity index (χ2n) is 11.9. The fourth-order valence-electron chi connectivity index (χ4n) is 5.82. The lowest BCUT2D eigenvalue weighted by molar-refractivity contribution is -0.376. The van der Waals surface area contributed by atoms with Crippen LogP contribution in [0.3, 0.4) is 0 Å². The lowest BCUT2D eigenvalue weighted by Gasteiger charge is -2.47. The maximum atomic E-state index is 11.6. The number of carbonyl (C=O) groups is 1. The first-order valence-electron chi connectivity index (χ1n) is 15.1. The van der Waals surface area contributed by atoms with Crippen LogP contribution in [0.2, 0.25) is 0 Å². The molecule has 0 aromatic rings. The molecule has 4 heterocycles. The zero-order chi connectivity index (χ0) is 35.6. The summed E-state index contributed by atoms with van der Waals surface area (Å²) < 4.78 is 38.5. The Bertz CT molecular complexity index is 1030. The molecule has 14 N–H and O–H groups in total. The molecule has 0 aromatic carbocycles. The second kappa shape index (κ2) is 16.8. The van der Waals surface area contributed by atoms with Gasteiger partial charge in [-0.15, -0.1) is 0 Å². The summed E-state index contributed by atoms with van der Waals surface area (Å²) in [4.78, 5) is 11.6. The monoisotopic (exact) mass is 707 g/mol. The van der Waals surface area contributed by atoms with Crippen molar-refractivity contribution in [3.05, 3.63) is 0 Å². The van der Waals surface area contributed by atoms with Crippen molar-refractivity contribution in [1.29, 1.82) is 0 Å². The zero-order valence-corrected chi connectivity index (χ0v) is 25.5. The van der Waals surface area contributed by atoms with E-state index < -0.39 is 155 Å². The van der Waals surface area contributed by atoms with Crippen molar-refractivity contribution in [2.75, 3.05) is 26.4 Å². The maximum absolute atomic E-state index is 11.6. The van der Waals surface area contributed by atoms with Gasteiger partial charge in [0, 0.05) is 6.92 Å². The van der Waals surface area contributed by atoms with Crippen LogP contribution in [0.4, 0.5) is 0 Å². The highest BCUT2D eigenvalue weighted by Crippen LogP contribution is 2.32. The summed E-state index contributed by atoms with van der Waals surface area (Å²) >= 11 is 0. The van der Waals surface area contributed by atoms with E-state index in [1.807, 2.05) is 0 Å². The number of nitrogens with one attached hydrogen (secondary N) is 1. The first-order valence-corrected chi connectivity index (χ1v) is 15.1. The third kappa shape index (κ3) is 8.24. The molecule has 0 aliphatic carbocycles. The molecule has 0 aromatic heterocycles. The zero-order valence-electron chi connectivity index (χ0n) is 25.5. The van der Waals surface area contributed by atoms with Gasteiger partial charge in [0.2, 0.25) is 5.91 Å². The summed E-state index contributed by atoms with van der Waals surface area (Å²) in [5, 5.41) is 136. The molecular weight excluding hydrogens is 662 g/mol. The number of rotatable bonds is 11. The van der Waals surface area contributed by atoms with E-state index in [4.69, 9.17) is 33.2 Å². The lowest BCUT2D eigenvalue weighted by Crippen LogP contribution is -2.67. The molecule has 4 saturated heterocycles. The number of hydrogen-bond donors (Lipinski definition) is 14. The minimum absolute atomic E-state index is 0.660. The van der Waals surface area contributed by atoms with Gasteiger partial charge in [0.15, 0.2) is 25.2 Å². The summed E-state index contributed by atoms with van der Waals surface area (Å²) in [5.41, 5.74) is 0. The highest BCUT2D eigenvalue weighted by atomic mass is 16.8. The molecule has 4 aliphatic rings. The molecule has 0 bridgehead atoms. The number of carbonyl (C=O) groups excluding carboxylic acids is 1. The molecule has 0 unspecified atom stereocenters. The Kier molecular flexibility index (Phi) is 13.8. The van der Waals surface area contributed by atoms with E-state index in [9.17, 15) is 71.2 Å². The van der Waals surface area contributed by atoms with Crippen LogP contribution in [0.5, 0.6) is 0 Å². The Hall–Kier alpha value is -1.33. The Morgan fingerprint density at radius 2 is 1.00 bits per heavy atom. The van der Waals surface area contributed by atoms with E-state index in [1.54, 1.807) is 0 Å². The molecule has 4 fully saturated rings. The first-order chi connectivity index (χ1) is 22.6. The van der Waals surface area contributed by atoms with Crippen LogP contribution in [0, 0.1) is 0 Å². The van der Waals surface area contributed by atoms with E-state index in [1.165, 1.54) is 0 Å². The van der Waals surface area contributed by atoms with Gasteiger partial charge >= 0.3 is 0 Å². The largest absolute Gasteiger partial charge is 0.394 e. The minimum Gasteiger partial charge on any atom is -0.394 e. The van der Waals surface area contributed by atoms with Crippen LogP contribution < -0.4 is 5.32 Å². The number of ether oxygens (including phenoxy) is 7. The van der Waals surface area contributed by atoms with E-state index in [0.717, 1.165) is 6.92 Å². The van der Waals surface area contributed by atoms with Crippen LogP contribution >= 0.6 is 0 Å². The van der Waals surface area contributed by atoms with Crippen molar-refractivity contribution in [1.82, 2.24) is 5.32 Å². The average Bonchev–Trinajstić information content (AvgIpc) is 3.06. The van der Waals surface area contributed by atoms with E-state index in [0.29, 0.717) is 0 Å². The smallest absolute Gasteiger partial charge is 0.217 e. The fourth-order valence-corrected chi connectivity index (χ4v) is 5.82. The third-order valence-electron chi connectivity index (χ3n) is 8.59. The lowest BCUT2D eigenvalue weighted by atomic mass is 9.95. The van der Waals surface area contributed by atoms with Gasteiger partial charge < -0.3 is 105 Å². The summed E-state index contributed by atoms with van der Waals surface area (Å²) in [6.07, 6.45) is -33.3. The van der Waals surface area contributed by atoms with Crippen molar-refractivity contribution in [3.8, 4) is 0 Å². The van der Waals surface area contributed by atoms with E-state index >= 15 is 0 Å². The van der Waals surface area contributed by atoms with Crippen molar-refractivity contribution < 1.29 is 104 Å². The Balaban J connectivity index is 1.49. The van der Waals surface area contributed by atoms with Crippen LogP contribution in [-0.4, -0.2) is 221 Å². The number of hydrogen-bond acceptors (Lipinski definition) is 21. The summed E-state index contributed by atoms with van der Waals surface area (Å²) in [7, 11) is 0. The summed E-state index contributed by atoms with van der Waals surface area (Å²) in [5.74, 6) is -0.660. The normalized spacial score (nSPS) is 50.2. The van der Waals surface area contributed by atoms with Gasteiger partial charge in [0.05, 0.1) is 26.4 Å². The van der Waals surface area contributed by atoms with Crippen molar-refractivity contribution >= 4 is 5.91 Å². The first kappa shape index (κ1) is 39.5. The van der Waals surface area contributed by atoms with Crippen LogP contribution in [-0.2, 0) is 38.0 Å². The van der Waals surface area contributed by atoms with Crippen molar-refractivity contribution in [3.63, 3.8) is 0 Å². The summed E-state index contributed by atoms with van der Waals surface area (Å²) in [6.45, 7) is -2.12. The Labute approximate surface area is 272 Å². The number of amides is 1. The van der Waals surface area contributed by atoms with Crippen LogP contribution in [0.25, 0.3) is 0 Å². The molecule has 0 radical (unpaired) electrons. The molecule has 22 nitrogen and oxygen atoms in total. The standard InChI is InChI=1S/C26H45NO21/c1-6(31)27-11-15(35)21(9(4-30)43-23(11)41)47-25-20(40)17(37)14(34)10(46-25)5-42-26-22(18(38)13(33)8(3-29)45-26)48-24-19(39)16(36)12(32)7(2-28)44-24/h7-26,28-30,32-41H,2-5H2,1H3,(H,27,31)/t7-,8-,9-,10-,11-,12-,13-,14-,15-,16+,17+,18+,19+,20+,21-,22+,23-,24-,25+,26+/m1/s1. The Morgan fingerprint density at radius 1 is 0.542 bits per heavy atom. The SMILES string of the molecule is CC(=O)N[C@@H]1[C@@H](O)[C@H](O[C@@H]2O[C@H](CO[C@H]3O[C@H](CO)[C@@H](O)[C@H](O)[C@@H]3O[C@H]3O[C@H](CO)[C@@H](O)[C@H](O)[C@@H]3O)[C@@H](O)[C@H](O)[C@@H]2O)[C@@H](CO)O[C@H]1O. The molecular formula is C26H45NO21. The van der Waals surface area contributed by atoms with Gasteiger partial charge in [-0.2, -0.15) is 0 Å². The Morgan fingerprint density at radius 3 is 1.52 bits per heavy atom. The van der Waals surface area contributed by atoms with Crippen LogP contribution in [0.1, 0.15) is 6.92 Å². The van der Waals surface area contributed by atoms with Gasteiger partial charge in [-0.05, 0) is 0 Å². The molecule has 280 valence electrons. The quantitative estimate of drug-likeness (QED) is 0.0947. The molecule has 0 saturated carbocycles. The van der Waals surface area contributed by atoms with Gasteiger partial charge in [-0.3, -0.25) is 4.79 Å². The number of aliphatic hydroxyl groups is 13. The van der Waals surface area contributed by atoms with Crippen LogP contribution in [0.15, 0.2) is 0 Å². The predicted molar refractivity (Wildman–Crippen MR) is 145 cm³/mol. The van der Waals surface area contributed by atoms with E-state index in [-0.39, 0.29) is 0 Å². The molecule has 1 amide bonds. The summed E-state index contributed by atoms with van der Waals surface area (Å²) in [6, 6.07) is -1.45.